The first kappa shape index (κ1) is 12.6. The van der Waals surface area contributed by atoms with Crippen LogP contribution in [0.15, 0.2) is 10.3 Å². The molecule has 1 aromatic rings. The van der Waals surface area contributed by atoms with Crippen molar-refractivity contribution in [2.45, 2.75) is 18.1 Å². The smallest absolute Gasteiger partial charge is 0.252 e. The van der Waals surface area contributed by atoms with E-state index in [1.165, 1.54) is 18.4 Å². The van der Waals surface area contributed by atoms with Gasteiger partial charge in [0.1, 0.15) is 4.21 Å². The Morgan fingerprint density at radius 3 is 2.47 bits per heavy atom. The third kappa shape index (κ3) is 2.57. The van der Waals surface area contributed by atoms with Crippen LogP contribution in [-0.2, 0) is 10.0 Å². The summed E-state index contributed by atoms with van der Waals surface area (Å²) in [5.74, 6) is 0. The van der Waals surface area contributed by atoms with Crippen molar-refractivity contribution < 1.29 is 13.5 Å². The summed E-state index contributed by atoms with van der Waals surface area (Å²) in [7, 11) is -1.94. The zero-order valence-corrected chi connectivity index (χ0v) is 10.7. The van der Waals surface area contributed by atoms with E-state index >= 15 is 0 Å². The Kier molecular flexibility index (Phi) is 3.88. The van der Waals surface area contributed by atoms with Crippen molar-refractivity contribution in [1.29, 1.82) is 0 Å². The molecule has 0 aromatic carbocycles. The van der Waals surface area contributed by atoms with Crippen molar-refractivity contribution in [3.8, 4) is 0 Å². The fourth-order valence-corrected chi connectivity index (χ4v) is 3.97. The predicted molar refractivity (Wildman–Crippen MR) is 60.7 cm³/mol. The van der Waals surface area contributed by atoms with Gasteiger partial charge in [0.15, 0.2) is 0 Å². The van der Waals surface area contributed by atoms with Gasteiger partial charge in [0.2, 0.25) is 0 Å². The van der Waals surface area contributed by atoms with Crippen LogP contribution < -0.4 is 0 Å². The minimum absolute atomic E-state index is 0.123. The predicted octanol–water partition coefficient (Wildman–Crippen LogP) is 0.978. The van der Waals surface area contributed by atoms with Crippen LogP contribution in [0.1, 0.15) is 10.4 Å². The van der Waals surface area contributed by atoms with Gasteiger partial charge in [0.25, 0.3) is 10.0 Å². The highest BCUT2D eigenvalue weighted by atomic mass is 32.2. The van der Waals surface area contributed by atoms with Crippen LogP contribution >= 0.6 is 11.3 Å². The fourth-order valence-electron chi connectivity index (χ4n) is 1.08. The normalized spacial score (nSPS) is 12.3. The van der Waals surface area contributed by atoms with Crippen molar-refractivity contribution in [3.05, 3.63) is 16.5 Å². The van der Waals surface area contributed by atoms with Gasteiger partial charge in [-0.25, -0.2) is 8.42 Å². The Morgan fingerprint density at radius 1 is 1.47 bits per heavy atom. The molecule has 0 unspecified atom stereocenters. The Labute approximate surface area is 94.2 Å². The molecule has 6 heteroatoms. The number of aliphatic hydroxyl groups is 1. The number of thiophene rings is 1. The van der Waals surface area contributed by atoms with E-state index in [-0.39, 0.29) is 13.2 Å². The third-order valence-electron chi connectivity index (χ3n) is 2.22. The fraction of sp³-hybridized carbons (Fsp3) is 0.556. The monoisotopic (exact) mass is 249 g/mol. The molecule has 0 radical (unpaired) electrons. The molecule has 0 fully saturated rings. The molecule has 15 heavy (non-hydrogen) atoms. The molecule has 0 bridgehead atoms. The average molecular weight is 249 g/mol. The summed E-state index contributed by atoms with van der Waals surface area (Å²) in [5.41, 5.74) is 0.982. The first-order valence-electron chi connectivity index (χ1n) is 4.54. The Bertz CT molecular complexity index is 417. The number of sulfonamides is 1. The van der Waals surface area contributed by atoms with E-state index < -0.39 is 10.0 Å². The molecule has 0 aliphatic heterocycles. The minimum atomic E-state index is -3.41. The molecule has 1 rings (SSSR count). The highest BCUT2D eigenvalue weighted by Crippen LogP contribution is 2.26. The van der Waals surface area contributed by atoms with E-state index in [2.05, 4.69) is 0 Å². The molecule has 0 aliphatic rings. The summed E-state index contributed by atoms with van der Waals surface area (Å²) in [4.78, 5) is 1.01. The number of rotatable bonds is 4. The van der Waals surface area contributed by atoms with Crippen LogP contribution in [0.2, 0.25) is 0 Å². The van der Waals surface area contributed by atoms with Gasteiger partial charge in [0, 0.05) is 18.5 Å². The number of nitrogens with zero attached hydrogens (tertiary/aromatic N) is 1. The SMILES string of the molecule is Cc1cc(S(=O)(=O)N(C)CCO)sc1C. The summed E-state index contributed by atoms with van der Waals surface area (Å²) in [6.45, 7) is 3.74. The van der Waals surface area contributed by atoms with Gasteiger partial charge < -0.3 is 5.11 Å². The Hall–Kier alpha value is -0.430. The second-order valence-electron chi connectivity index (χ2n) is 3.35. The zero-order chi connectivity index (χ0) is 11.6. The molecule has 1 heterocycles. The number of aliphatic hydroxyl groups excluding tert-OH is 1. The van der Waals surface area contributed by atoms with Gasteiger partial charge in [0.05, 0.1) is 6.61 Å². The van der Waals surface area contributed by atoms with E-state index in [0.29, 0.717) is 4.21 Å². The van der Waals surface area contributed by atoms with Crippen LogP contribution in [-0.4, -0.2) is 38.0 Å². The zero-order valence-electron chi connectivity index (χ0n) is 9.02. The lowest BCUT2D eigenvalue weighted by Crippen LogP contribution is -2.29. The van der Waals surface area contributed by atoms with Crippen molar-refractivity contribution in [3.63, 3.8) is 0 Å². The van der Waals surface area contributed by atoms with Crippen molar-refractivity contribution in [2.24, 2.45) is 0 Å². The standard InChI is InChI=1S/C9H15NO3S2/c1-7-6-9(14-8(7)2)15(12,13)10(3)4-5-11/h6,11H,4-5H2,1-3H3. The van der Waals surface area contributed by atoms with Crippen molar-refractivity contribution in [2.75, 3.05) is 20.2 Å². The van der Waals surface area contributed by atoms with Crippen LogP contribution in [0.25, 0.3) is 0 Å². The van der Waals surface area contributed by atoms with Crippen LogP contribution in [0.4, 0.5) is 0 Å². The molecule has 0 aliphatic carbocycles. The molecular weight excluding hydrogens is 234 g/mol. The molecule has 0 saturated heterocycles. The van der Waals surface area contributed by atoms with Gasteiger partial charge in [-0.05, 0) is 25.5 Å². The highest BCUT2D eigenvalue weighted by molar-refractivity contribution is 7.91. The first-order chi connectivity index (χ1) is 6.89. The van der Waals surface area contributed by atoms with Crippen LogP contribution in [0, 0.1) is 13.8 Å². The highest BCUT2D eigenvalue weighted by Gasteiger charge is 2.22. The molecule has 0 saturated carbocycles. The summed E-state index contributed by atoms with van der Waals surface area (Å²) >= 11 is 1.26. The third-order valence-corrected chi connectivity index (χ3v) is 5.68. The number of hydrogen-bond donors (Lipinski definition) is 1. The molecule has 1 N–H and O–H groups in total. The van der Waals surface area contributed by atoms with Crippen molar-refractivity contribution in [1.82, 2.24) is 4.31 Å². The first-order valence-corrected chi connectivity index (χ1v) is 6.79. The molecule has 86 valence electrons. The molecule has 1 aromatic heterocycles. The molecule has 0 atom stereocenters. The van der Waals surface area contributed by atoms with Crippen LogP contribution in [0.3, 0.4) is 0 Å². The quantitative estimate of drug-likeness (QED) is 0.865. The maximum absolute atomic E-state index is 11.9. The molecular formula is C9H15NO3S2. The lowest BCUT2D eigenvalue weighted by molar-refractivity contribution is 0.266. The van der Waals surface area contributed by atoms with Crippen molar-refractivity contribution >= 4 is 21.4 Å². The van der Waals surface area contributed by atoms with E-state index in [4.69, 9.17) is 5.11 Å². The number of likely N-dealkylation sites (N-methyl/N-ethyl adjacent to an activating group) is 1. The summed E-state index contributed by atoms with van der Waals surface area (Å²) in [6, 6.07) is 1.67. The van der Waals surface area contributed by atoms with E-state index in [1.807, 2.05) is 13.8 Å². The maximum atomic E-state index is 11.9. The number of aryl methyl sites for hydroxylation is 2. The van der Waals surface area contributed by atoms with Gasteiger partial charge >= 0.3 is 0 Å². The van der Waals surface area contributed by atoms with Gasteiger partial charge in [-0.2, -0.15) is 4.31 Å². The number of hydrogen-bond acceptors (Lipinski definition) is 4. The molecule has 4 nitrogen and oxygen atoms in total. The second-order valence-corrected chi connectivity index (χ2v) is 6.88. The Balaban J connectivity index is 3.06. The van der Waals surface area contributed by atoms with Crippen LogP contribution in [0.5, 0.6) is 0 Å². The summed E-state index contributed by atoms with van der Waals surface area (Å²) in [5, 5.41) is 8.70. The second kappa shape index (κ2) is 4.61. The topological polar surface area (TPSA) is 57.6 Å². The van der Waals surface area contributed by atoms with Gasteiger partial charge in [-0.15, -0.1) is 11.3 Å². The van der Waals surface area contributed by atoms with Gasteiger partial charge in [-0.1, -0.05) is 0 Å². The lowest BCUT2D eigenvalue weighted by atomic mass is 10.3. The molecule has 0 amide bonds. The largest absolute Gasteiger partial charge is 0.395 e. The summed E-state index contributed by atoms with van der Waals surface area (Å²) < 4.78 is 25.3. The van der Waals surface area contributed by atoms with Gasteiger partial charge in [-0.3, -0.25) is 0 Å². The maximum Gasteiger partial charge on any atom is 0.252 e. The van der Waals surface area contributed by atoms with E-state index in [1.54, 1.807) is 6.07 Å². The molecule has 0 spiro atoms. The van der Waals surface area contributed by atoms with E-state index in [0.717, 1.165) is 14.7 Å². The minimum Gasteiger partial charge on any atom is -0.395 e. The van der Waals surface area contributed by atoms with E-state index in [9.17, 15) is 8.42 Å². The lowest BCUT2D eigenvalue weighted by Gasteiger charge is -2.13. The average Bonchev–Trinajstić information content (AvgIpc) is 2.48. The summed E-state index contributed by atoms with van der Waals surface area (Å²) in [6.07, 6.45) is 0. The Morgan fingerprint density at radius 2 is 2.07 bits per heavy atom.